The number of thiazole rings is 1. The number of carbonyl (C=O) groups excluding carboxylic acids is 1. The third kappa shape index (κ3) is 4.57. The summed E-state index contributed by atoms with van der Waals surface area (Å²) in [6.07, 6.45) is 1.56. The Kier molecular flexibility index (Phi) is 5.56. The van der Waals surface area contributed by atoms with Crippen LogP contribution in [0.5, 0.6) is 0 Å². The maximum atomic E-state index is 11.8. The summed E-state index contributed by atoms with van der Waals surface area (Å²) >= 11 is 2.71. The van der Waals surface area contributed by atoms with Crippen molar-refractivity contribution < 1.29 is 14.7 Å². The van der Waals surface area contributed by atoms with E-state index in [4.69, 9.17) is 5.11 Å². The molecule has 7 nitrogen and oxygen atoms in total. The van der Waals surface area contributed by atoms with E-state index in [1.807, 2.05) is 0 Å². The minimum Gasteiger partial charge on any atom is -0.481 e. The molecule has 0 bridgehead atoms. The monoisotopic (exact) mass is 341 g/mol. The molecule has 2 heterocycles. The predicted molar refractivity (Wildman–Crippen MR) is 85.4 cm³/mol. The molecule has 1 unspecified atom stereocenters. The van der Waals surface area contributed by atoms with Crippen LogP contribution in [-0.2, 0) is 15.3 Å². The lowest BCUT2D eigenvalue weighted by Crippen LogP contribution is -2.35. The van der Waals surface area contributed by atoms with Crippen molar-refractivity contribution in [2.75, 3.05) is 5.75 Å². The molecule has 0 fully saturated rings. The zero-order chi connectivity index (χ0) is 16.1. The minimum absolute atomic E-state index is 0.107. The molecular formula is C13H15N3O4S2. The number of amides is 1. The van der Waals surface area contributed by atoms with Crippen LogP contribution in [0.3, 0.4) is 0 Å². The smallest absolute Gasteiger partial charge is 0.305 e. The summed E-state index contributed by atoms with van der Waals surface area (Å²) in [7, 11) is 0. The van der Waals surface area contributed by atoms with Crippen LogP contribution in [0.1, 0.15) is 19.0 Å². The Labute approximate surface area is 134 Å². The van der Waals surface area contributed by atoms with Crippen LogP contribution in [0.2, 0.25) is 0 Å². The Morgan fingerprint density at radius 2 is 2.32 bits per heavy atom. The highest BCUT2D eigenvalue weighted by atomic mass is 32.2. The number of aliphatic carboxylic acids is 1. The van der Waals surface area contributed by atoms with E-state index < -0.39 is 12.0 Å². The van der Waals surface area contributed by atoms with Crippen molar-refractivity contribution in [1.29, 1.82) is 0 Å². The molecule has 2 aromatic heterocycles. The van der Waals surface area contributed by atoms with E-state index >= 15 is 0 Å². The predicted octanol–water partition coefficient (Wildman–Crippen LogP) is 0.969. The van der Waals surface area contributed by atoms with Gasteiger partial charge in [-0.05, 0) is 6.92 Å². The second-order valence-electron chi connectivity index (χ2n) is 4.70. The van der Waals surface area contributed by atoms with E-state index in [0.717, 1.165) is 0 Å². The van der Waals surface area contributed by atoms with Crippen molar-refractivity contribution in [2.24, 2.45) is 0 Å². The number of aromatic nitrogens is 2. The largest absolute Gasteiger partial charge is 0.481 e. The fraction of sp³-hybridized carbons (Fsp3) is 0.385. The van der Waals surface area contributed by atoms with Crippen molar-refractivity contribution in [3.63, 3.8) is 0 Å². The van der Waals surface area contributed by atoms with E-state index in [1.165, 1.54) is 33.6 Å². The Bertz CT molecular complexity index is 740. The number of rotatable bonds is 7. The van der Waals surface area contributed by atoms with E-state index in [0.29, 0.717) is 16.4 Å². The summed E-state index contributed by atoms with van der Waals surface area (Å²) in [6, 6.07) is 1.05. The quantitative estimate of drug-likeness (QED) is 0.778. The highest BCUT2D eigenvalue weighted by molar-refractivity contribution is 7.99. The molecule has 9 heteroatoms. The average Bonchev–Trinajstić information content (AvgIpc) is 2.86. The van der Waals surface area contributed by atoms with E-state index in [9.17, 15) is 14.4 Å². The number of nitrogens with one attached hydrogen (secondary N) is 1. The van der Waals surface area contributed by atoms with Crippen LogP contribution < -0.4 is 10.9 Å². The van der Waals surface area contributed by atoms with Crippen LogP contribution in [-0.4, -0.2) is 38.2 Å². The summed E-state index contributed by atoms with van der Waals surface area (Å²) in [6.45, 7) is 1.64. The minimum atomic E-state index is -0.950. The second-order valence-corrected chi connectivity index (χ2v) is 6.56. The lowest BCUT2D eigenvalue weighted by Gasteiger charge is -2.11. The third-order valence-electron chi connectivity index (χ3n) is 2.73. The SMILES string of the molecule is CC(CC(=O)O)NC(=O)CSCc1cc(=O)n2ccsc2n1. The topological polar surface area (TPSA) is 101 Å². The van der Waals surface area contributed by atoms with Gasteiger partial charge in [0, 0.05) is 29.4 Å². The first-order valence-corrected chi connectivity index (χ1v) is 8.54. The molecule has 1 atom stereocenters. The van der Waals surface area contributed by atoms with Crippen LogP contribution >= 0.6 is 23.1 Å². The van der Waals surface area contributed by atoms with Gasteiger partial charge in [-0.2, -0.15) is 0 Å². The summed E-state index contributed by atoms with van der Waals surface area (Å²) in [5, 5.41) is 13.0. The van der Waals surface area contributed by atoms with Gasteiger partial charge in [-0.25, -0.2) is 4.98 Å². The van der Waals surface area contributed by atoms with E-state index in [1.54, 1.807) is 18.5 Å². The van der Waals surface area contributed by atoms with Gasteiger partial charge in [0.25, 0.3) is 5.56 Å². The maximum absolute atomic E-state index is 11.8. The van der Waals surface area contributed by atoms with Crippen LogP contribution in [0.25, 0.3) is 4.96 Å². The first-order valence-electron chi connectivity index (χ1n) is 6.50. The van der Waals surface area contributed by atoms with E-state index in [-0.39, 0.29) is 23.6 Å². The van der Waals surface area contributed by atoms with Crippen LogP contribution in [0, 0.1) is 0 Å². The van der Waals surface area contributed by atoms with Crippen molar-refractivity contribution in [1.82, 2.24) is 14.7 Å². The van der Waals surface area contributed by atoms with Crippen LogP contribution in [0.15, 0.2) is 22.4 Å². The molecule has 0 aliphatic heterocycles. The molecule has 2 rings (SSSR count). The summed E-state index contributed by atoms with van der Waals surface area (Å²) in [5.74, 6) is -0.540. The molecule has 0 aromatic carbocycles. The van der Waals surface area contributed by atoms with Gasteiger partial charge < -0.3 is 10.4 Å². The number of fused-ring (bicyclic) bond motifs is 1. The first kappa shape index (κ1) is 16.5. The zero-order valence-corrected chi connectivity index (χ0v) is 13.4. The molecular weight excluding hydrogens is 326 g/mol. The molecule has 2 N–H and O–H groups in total. The molecule has 0 aliphatic rings. The summed E-state index contributed by atoms with van der Waals surface area (Å²) < 4.78 is 1.47. The van der Waals surface area contributed by atoms with Gasteiger partial charge in [-0.1, -0.05) is 0 Å². The Balaban J connectivity index is 1.83. The Morgan fingerprint density at radius 1 is 1.55 bits per heavy atom. The Hall–Kier alpha value is -1.87. The molecule has 0 spiro atoms. The van der Waals surface area contributed by atoms with Gasteiger partial charge in [-0.3, -0.25) is 18.8 Å². The molecule has 2 aromatic rings. The lowest BCUT2D eigenvalue weighted by atomic mass is 10.2. The highest BCUT2D eigenvalue weighted by Crippen LogP contribution is 2.12. The van der Waals surface area contributed by atoms with Crippen molar-refractivity contribution in [3.8, 4) is 0 Å². The van der Waals surface area contributed by atoms with Crippen molar-refractivity contribution >= 4 is 39.9 Å². The number of thioether (sulfide) groups is 1. The molecule has 0 radical (unpaired) electrons. The van der Waals surface area contributed by atoms with Gasteiger partial charge in [0.1, 0.15) is 0 Å². The second kappa shape index (κ2) is 7.41. The average molecular weight is 341 g/mol. The summed E-state index contributed by atoms with van der Waals surface area (Å²) in [4.78, 5) is 38.9. The molecule has 1 amide bonds. The molecule has 118 valence electrons. The van der Waals surface area contributed by atoms with Gasteiger partial charge in [0.15, 0.2) is 4.96 Å². The number of carbonyl (C=O) groups is 2. The number of carboxylic acid groups (broad SMARTS) is 1. The fourth-order valence-corrected chi connectivity index (χ4v) is 3.31. The van der Waals surface area contributed by atoms with Crippen molar-refractivity contribution in [3.05, 3.63) is 33.7 Å². The number of carboxylic acids is 1. The van der Waals surface area contributed by atoms with Gasteiger partial charge >= 0.3 is 5.97 Å². The highest BCUT2D eigenvalue weighted by Gasteiger charge is 2.11. The number of hydrogen-bond acceptors (Lipinski definition) is 6. The maximum Gasteiger partial charge on any atom is 0.305 e. The first-order chi connectivity index (χ1) is 10.5. The number of nitrogens with zero attached hydrogens (tertiary/aromatic N) is 2. The molecule has 0 aliphatic carbocycles. The molecule has 0 saturated carbocycles. The molecule has 0 saturated heterocycles. The van der Waals surface area contributed by atoms with Crippen molar-refractivity contribution in [2.45, 2.75) is 25.1 Å². The standard InChI is InChI=1S/C13H15N3O4S2/c1-8(4-12(19)20)14-10(17)7-21-6-9-5-11(18)16-2-3-22-13(16)15-9/h2-3,5,8H,4,6-7H2,1H3,(H,14,17)(H,19,20). The van der Waals surface area contributed by atoms with Crippen LogP contribution in [0.4, 0.5) is 0 Å². The summed E-state index contributed by atoms with van der Waals surface area (Å²) in [5.41, 5.74) is 0.491. The zero-order valence-electron chi connectivity index (χ0n) is 11.8. The normalized spacial score (nSPS) is 12.2. The third-order valence-corrected chi connectivity index (χ3v) is 4.45. The molecule has 22 heavy (non-hydrogen) atoms. The Morgan fingerprint density at radius 3 is 3.05 bits per heavy atom. The number of hydrogen-bond donors (Lipinski definition) is 2. The lowest BCUT2D eigenvalue weighted by molar-refractivity contribution is -0.137. The fourth-order valence-electron chi connectivity index (χ4n) is 1.84. The van der Waals surface area contributed by atoms with Gasteiger partial charge in [0.2, 0.25) is 5.91 Å². The van der Waals surface area contributed by atoms with E-state index in [2.05, 4.69) is 10.3 Å². The van der Waals surface area contributed by atoms with Gasteiger partial charge in [0.05, 0.1) is 17.9 Å². The van der Waals surface area contributed by atoms with Gasteiger partial charge in [-0.15, -0.1) is 23.1 Å².